The molecule has 28 heavy (non-hydrogen) atoms. The highest BCUT2D eigenvalue weighted by Gasteiger charge is 2.49. The van der Waals surface area contributed by atoms with E-state index in [1.54, 1.807) is 6.92 Å². The first-order chi connectivity index (χ1) is 13.0. The molecule has 0 spiro atoms. The van der Waals surface area contributed by atoms with Crippen LogP contribution in [0.15, 0.2) is 0 Å². The van der Waals surface area contributed by atoms with Crippen molar-refractivity contribution in [2.45, 2.75) is 123 Å². The van der Waals surface area contributed by atoms with Crippen LogP contribution in [0.5, 0.6) is 0 Å². The van der Waals surface area contributed by atoms with Gasteiger partial charge >= 0.3 is 5.97 Å². The first kappa shape index (κ1) is 27.4. The van der Waals surface area contributed by atoms with E-state index in [0.717, 1.165) is 12.8 Å². The van der Waals surface area contributed by atoms with Gasteiger partial charge in [0.1, 0.15) is 5.60 Å². The number of carbonyl (C=O) groups is 1. The van der Waals surface area contributed by atoms with Crippen molar-refractivity contribution in [2.24, 2.45) is 11.8 Å². The Balaban J connectivity index is 4.38. The largest absolute Gasteiger partial charge is 0.441 e. The Hall–Kier alpha value is -0.610. The molecule has 0 saturated carbocycles. The minimum Gasteiger partial charge on any atom is -0.441 e. The van der Waals surface area contributed by atoms with Gasteiger partial charge in [-0.25, -0.2) is 0 Å². The third-order valence-corrected chi connectivity index (χ3v) is 6.10. The van der Waals surface area contributed by atoms with Gasteiger partial charge in [-0.15, -0.1) is 0 Å². The van der Waals surface area contributed by atoms with Gasteiger partial charge in [0.25, 0.3) is 0 Å². The minimum absolute atomic E-state index is 0.140. The van der Waals surface area contributed by atoms with E-state index in [2.05, 4.69) is 20.8 Å². The van der Waals surface area contributed by atoms with Crippen LogP contribution >= 0.6 is 0 Å². The fourth-order valence-electron chi connectivity index (χ4n) is 3.84. The predicted octanol–water partition coefficient (Wildman–Crippen LogP) is 6.16. The van der Waals surface area contributed by atoms with Crippen molar-refractivity contribution >= 4 is 5.97 Å². The lowest BCUT2D eigenvalue weighted by Gasteiger charge is -2.47. The zero-order chi connectivity index (χ0) is 21.8. The summed E-state index contributed by atoms with van der Waals surface area (Å²) in [7, 11) is 3.71. The summed E-state index contributed by atoms with van der Waals surface area (Å²) < 4.78 is 5.90. The molecule has 0 aliphatic rings. The lowest BCUT2D eigenvalue weighted by atomic mass is 9.84. The van der Waals surface area contributed by atoms with Crippen LogP contribution in [-0.4, -0.2) is 41.4 Å². The number of nitrogens with zero attached hydrogens (tertiary/aromatic N) is 1. The maximum atomic E-state index is 12.7. The van der Waals surface area contributed by atoms with Crippen LogP contribution in [0.4, 0.5) is 0 Å². The summed E-state index contributed by atoms with van der Waals surface area (Å²) in [5.74, 6) is -0.0363. The molecule has 4 heteroatoms. The summed E-state index contributed by atoms with van der Waals surface area (Å²) >= 11 is 0. The van der Waals surface area contributed by atoms with E-state index in [1.165, 1.54) is 51.4 Å². The maximum absolute atomic E-state index is 12.7. The average Bonchev–Trinajstić information content (AvgIpc) is 2.58. The molecule has 0 radical (unpaired) electrons. The second kappa shape index (κ2) is 13.6. The molecule has 0 aromatic carbocycles. The van der Waals surface area contributed by atoms with Crippen LogP contribution in [-0.2, 0) is 9.53 Å². The van der Waals surface area contributed by atoms with E-state index < -0.39 is 11.3 Å². The monoisotopic (exact) mass is 399 g/mol. The molecule has 0 heterocycles. The first-order valence-electron chi connectivity index (χ1n) is 11.6. The Morgan fingerprint density at radius 2 is 1.39 bits per heavy atom. The van der Waals surface area contributed by atoms with E-state index in [9.17, 15) is 9.90 Å². The Kier molecular flexibility index (Phi) is 13.3. The number of carbonyl (C=O) groups excluding carboxylic acids is 1. The van der Waals surface area contributed by atoms with E-state index in [-0.39, 0.29) is 11.9 Å². The topological polar surface area (TPSA) is 49.8 Å². The molecule has 168 valence electrons. The molecule has 0 bridgehead atoms. The predicted molar refractivity (Wildman–Crippen MR) is 119 cm³/mol. The summed E-state index contributed by atoms with van der Waals surface area (Å²) in [4.78, 5) is 14.5. The molecular formula is C24H49NO3. The number of rotatable bonds is 16. The first-order valence-corrected chi connectivity index (χ1v) is 11.6. The van der Waals surface area contributed by atoms with Gasteiger partial charge < -0.3 is 9.84 Å². The van der Waals surface area contributed by atoms with E-state index in [4.69, 9.17) is 4.74 Å². The van der Waals surface area contributed by atoms with Crippen molar-refractivity contribution in [2.75, 3.05) is 14.1 Å². The summed E-state index contributed by atoms with van der Waals surface area (Å²) in [6, 6.07) is 0. The summed E-state index contributed by atoms with van der Waals surface area (Å²) in [6.45, 7) is 11.9. The fraction of sp³-hybridized carbons (Fsp3) is 0.958. The Labute approximate surface area is 175 Å². The zero-order valence-electron chi connectivity index (χ0n) is 20.1. The van der Waals surface area contributed by atoms with Crippen molar-refractivity contribution < 1.29 is 14.6 Å². The Bertz CT molecular complexity index is 420. The summed E-state index contributed by atoms with van der Waals surface area (Å²) in [5.41, 5.74) is -2.15. The van der Waals surface area contributed by atoms with Crippen LogP contribution in [0.3, 0.4) is 0 Å². The van der Waals surface area contributed by atoms with Gasteiger partial charge in [0.2, 0.25) is 0 Å². The molecule has 0 fully saturated rings. The van der Waals surface area contributed by atoms with Crippen LogP contribution < -0.4 is 0 Å². The van der Waals surface area contributed by atoms with Crippen molar-refractivity contribution in [1.29, 1.82) is 0 Å². The van der Waals surface area contributed by atoms with E-state index in [0.29, 0.717) is 12.3 Å². The van der Waals surface area contributed by atoms with Crippen LogP contribution in [0.25, 0.3) is 0 Å². The smallest absolute Gasteiger partial charge is 0.310 e. The number of likely N-dealkylation sites (N-methyl/N-ethyl adjacent to an activating group) is 1. The fourth-order valence-corrected chi connectivity index (χ4v) is 3.84. The van der Waals surface area contributed by atoms with Crippen molar-refractivity contribution in [1.82, 2.24) is 4.90 Å². The van der Waals surface area contributed by atoms with Gasteiger partial charge in [-0.05, 0) is 46.7 Å². The van der Waals surface area contributed by atoms with Crippen molar-refractivity contribution in [3.63, 3.8) is 0 Å². The zero-order valence-corrected chi connectivity index (χ0v) is 20.1. The minimum atomic E-state index is -1.11. The summed E-state index contributed by atoms with van der Waals surface area (Å²) in [6.07, 6.45) is 12.9. The highest BCUT2D eigenvalue weighted by Crippen LogP contribution is 2.34. The average molecular weight is 400 g/mol. The maximum Gasteiger partial charge on any atom is 0.310 e. The normalized spacial score (nSPS) is 17.4. The SMILES string of the molecule is CCCCCCCCCCCC(C)C(=O)OC(C)(N(C)C)C(C)(O)CC(C)C. The summed E-state index contributed by atoms with van der Waals surface area (Å²) in [5, 5.41) is 11.0. The van der Waals surface area contributed by atoms with Gasteiger partial charge in [-0.2, -0.15) is 0 Å². The number of ether oxygens (including phenoxy) is 1. The quantitative estimate of drug-likeness (QED) is 0.192. The third kappa shape index (κ3) is 9.73. The van der Waals surface area contributed by atoms with Crippen molar-refractivity contribution in [3.8, 4) is 0 Å². The molecule has 0 aromatic rings. The molecule has 0 aromatic heterocycles. The second-order valence-corrected chi connectivity index (χ2v) is 9.69. The highest BCUT2D eigenvalue weighted by atomic mass is 16.6. The third-order valence-electron chi connectivity index (χ3n) is 6.10. The van der Waals surface area contributed by atoms with Gasteiger partial charge in [0.05, 0.1) is 5.92 Å². The van der Waals surface area contributed by atoms with Gasteiger partial charge in [0.15, 0.2) is 5.72 Å². The molecular weight excluding hydrogens is 350 g/mol. The molecule has 1 N–H and O–H groups in total. The standard InChI is InChI=1S/C24H49NO3/c1-9-10-11-12-13-14-15-16-17-18-21(4)22(26)28-24(6,25(7)8)23(5,27)19-20(2)3/h20-21,27H,9-19H2,1-8H3. The molecule has 3 atom stereocenters. The van der Waals surface area contributed by atoms with E-state index >= 15 is 0 Å². The molecule has 0 saturated heterocycles. The molecule has 0 aliphatic carbocycles. The highest BCUT2D eigenvalue weighted by molar-refractivity contribution is 5.72. The number of esters is 1. The Morgan fingerprint density at radius 3 is 1.82 bits per heavy atom. The molecule has 0 amide bonds. The van der Waals surface area contributed by atoms with Gasteiger partial charge in [-0.3, -0.25) is 9.69 Å². The van der Waals surface area contributed by atoms with Crippen LogP contribution in [0, 0.1) is 11.8 Å². The molecule has 3 unspecified atom stereocenters. The van der Waals surface area contributed by atoms with Gasteiger partial charge in [0, 0.05) is 0 Å². The number of hydrogen-bond acceptors (Lipinski definition) is 4. The van der Waals surface area contributed by atoms with Crippen LogP contribution in [0.2, 0.25) is 0 Å². The molecule has 0 rings (SSSR count). The Morgan fingerprint density at radius 1 is 0.929 bits per heavy atom. The lowest BCUT2D eigenvalue weighted by Crippen LogP contribution is -2.62. The number of aliphatic hydroxyl groups is 1. The molecule has 4 nitrogen and oxygen atoms in total. The second-order valence-electron chi connectivity index (χ2n) is 9.69. The lowest BCUT2D eigenvalue weighted by molar-refractivity contribution is -0.236. The number of unbranched alkanes of at least 4 members (excludes halogenated alkanes) is 8. The van der Waals surface area contributed by atoms with E-state index in [1.807, 2.05) is 32.8 Å². The van der Waals surface area contributed by atoms with Crippen molar-refractivity contribution in [3.05, 3.63) is 0 Å². The number of hydrogen-bond donors (Lipinski definition) is 1. The van der Waals surface area contributed by atoms with Crippen LogP contribution in [0.1, 0.15) is 112 Å². The molecule has 0 aliphatic heterocycles. The van der Waals surface area contributed by atoms with Gasteiger partial charge in [-0.1, -0.05) is 85.5 Å².